The first-order chi connectivity index (χ1) is 10.9. The summed E-state index contributed by atoms with van der Waals surface area (Å²) < 4.78 is 5.12. The molecule has 1 N–H and O–H groups in total. The van der Waals surface area contributed by atoms with Crippen LogP contribution in [0, 0.1) is 5.92 Å². The number of nitrogens with zero attached hydrogens (tertiary/aromatic N) is 1. The molecule has 3 atom stereocenters. The van der Waals surface area contributed by atoms with Gasteiger partial charge in [-0.1, -0.05) is 6.92 Å². The molecule has 5 nitrogen and oxygen atoms in total. The zero-order chi connectivity index (χ0) is 17.0. The molecule has 1 saturated heterocycles. The predicted octanol–water partition coefficient (Wildman–Crippen LogP) is 2.89. The number of thioether (sulfide) groups is 1. The predicted molar refractivity (Wildman–Crippen MR) is 89.8 cm³/mol. The van der Waals surface area contributed by atoms with E-state index in [1.165, 1.54) is 16.7 Å². The number of carboxylic acid groups (broad SMARTS) is 1. The molecule has 1 aliphatic heterocycles. The van der Waals surface area contributed by atoms with E-state index in [1.807, 2.05) is 38.1 Å². The summed E-state index contributed by atoms with van der Waals surface area (Å²) in [6.07, 6.45) is 1.39. The third-order valence-electron chi connectivity index (χ3n) is 4.15. The van der Waals surface area contributed by atoms with Crippen molar-refractivity contribution in [2.75, 3.05) is 13.7 Å². The fourth-order valence-electron chi connectivity index (χ4n) is 2.78. The number of aliphatic carboxylic acids is 1. The molecule has 3 unspecified atom stereocenters. The van der Waals surface area contributed by atoms with Crippen LogP contribution in [0.4, 0.5) is 0 Å². The first kappa shape index (κ1) is 17.7. The van der Waals surface area contributed by atoms with Crippen LogP contribution in [0.2, 0.25) is 0 Å². The first-order valence-electron chi connectivity index (χ1n) is 7.76. The van der Waals surface area contributed by atoms with Crippen LogP contribution in [0.5, 0.6) is 5.75 Å². The molecule has 0 aliphatic carbocycles. The van der Waals surface area contributed by atoms with E-state index in [4.69, 9.17) is 4.74 Å². The van der Waals surface area contributed by atoms with Crippen LogP contribution in [0.1, 0.15) is 26.7 Å². The maximum atomic E-state index is 12.7. The van der Waals surface area contributed by atoms with E-state index < -0.39 is 12.0 Å². The number of likely N-dealkylation sites (tertiary alicyclic amines) is 1. The van der Waals surface area contributed by atoms with E-state index >= 15 is 0 Å². The number of benzene rings is 1. The molecule has 1 aromatic rings. The summed E-state index contributed by atoms with van der Waals surface area (Å²) in [7, 11) is 1.61. The van der Waals surface area contributed by atoms with Crippen LogP contribution >= 0.6 is 11.8 Å². The topological polar surface area (TPSA) is 66.8 Å². The fraction of sp³-hybridized carbons (Fsp3) is 0.529. The van der Waals surface area contributed by atoms with Gasteiger partial charge in [0.05, 0.1) is 12.4 Å². The number of carbonyl (C=O) groups is 2. The van der Waals surface area contributed by atoms with E-state index in [9.17, 15) is 14.7 Å². The minimum Gasteiger partial charge on any atom is -0.497 e. The van der Waals surface area contributed by atoms with Crippen molar-refractivity contribution in [3.05, 3.63) is 24.3 Å². The molecule has 1 fully saturated rings. The molecule has 126 valence electrons. The smallest absolute Gasteiger partial charge is 0.326 e. The second-order valence-corrected chi connectivity index (χ2v) is 7.37. The molecule has 0 bridgehead atoms. The lowest BCUT2D eigenvalue weighted by atomic mass is 9.92. The Bertz CT molecular complexity index is 560. The largest absolute Gasteiger partial charge is 0.497 e. The van der Waals surface area contributed by atoms with Gasteiger partial charge in [-0.2, -0.15) is 0 Å². The zero-order valence-electron chi connectivity index (χ0n) is 13.7. The molecule has 23 heavy (non-hydrogen) atoms. The molecule has 0 radical (unpaired) electrons. The van der Waals surface area contributed by atoms with Crippen molar-refractivity contribution in [2.45, 2.75) is 42.9 Å². The number of methoxy groups -OCH3 is 1. The maximum absolute atomic E-state index is 12.7. The Morgan fingerprint density at radius 3 is 2.57 bits per heavy atom. The van der Waals surface area contributed by atoms with Crippen molar-refractivity contribution >= 4 is 23.6 Å². The van der Waals surface area contributed by atoms with E-state index in [2.05, 4.69) is 0 Å². The fourth-order valence-corrected chi connectivity index (χ4v) is 3.72. The van der Waals surface area contributed by atoms with E-state index in [1.54, 1.807) is 7.11 Å². The SMILES string of the molecule is COc1ccc(SC(C)C(=O)N2CCC(C)CC2C(=O)O)cc1. The van der Waals surface area contributed by atoms with Gasteiger partial charge in [-0.25, -0.2) is 4.79 Å². The molecule has 0 aromatic heterocycles. The van der Waals surface area contributed by atoms with Gasteiger partial charge < -0.3 is 14.7 Å². The number of hydrogen-bond donors (Lipinski definition) is 1. The molecule has 1 aliphatic rings. The van der Waals surface area contributed by atoms with Crippen LogP contribution in [-0.4, -0.2) is 46.8 Å². The minimum atomic E-state index is -0.911. The summed E-state index contributed by atoms with van der Waals surface area (Å²) in [6.45, 7) is 4.38. The molecule has 2 rings (SSSR count). The number of ether oxygens (including phenoxy) is 1. The first-order valence-corrected chi connectivity index (χ1v) is 8.64. The zero-order valence-corrected chi connectivity index (χ0v) is 14.5. The lowest BCUT2D eigenvalue weighted by Crippen LogP contribution is -2.52. The van der Waals surface area contributed by atoms with Crippen LogP contribution in [0.3, 0.4) is 0 Å². The van der Waals surface area contributed by atoms with Crippen molar-refractivity contribution < 1.29 is 19.4 Å². The van der Waals surface area contributed by atoms with Gasteiger partial charge >= 0.3 is 5.97 Å². The highest BCUT2D eigenvalue weighted by Gasteiger charge is 2.36. The van der Waals surface area contributed by atoms with Gasteiger partial charge in [0.25, 0.3) is 0 Å². The van der Waals surface area contributed by atoms with Crippen LogP contribution in [-0.2, 0) is 9.59 Å². The average Bonchev–Trinajstić information content (AvgIpc) is 2.54. The van der Waals surface area contributed by atoms with Gasteiger partial charge in [0.2, 0.25) is 5.91 Å². The minimum absolute atomic E-state index is 0.106. The summed E-state index contributed by atoms with van der Waals surface area (Å²) in [5, 5.41) is 9.07. The quantitative estimate of drug-likeness (QED) is 0.837. The highest BCUT2D eigenvalue weighted by atomic mass is 32.2. The molecule has 1 heterocycles. The standard InChI is InChI=1S/C17H23NO4S/c1-11-8-9-18(15(10-11)17(20)21)16(19)12(2)23-14-6-4-13(22-3)5-7-14/h4-7,11-12,15H,8-10H2,1-3H3,(H,20,21). The molecule has 0 spiro atoms. The third-order valence-corrected chi connectivity index (χ3v) is 5.25. The van der Waals surface area contributed by atoms with Gasteiger partial charge in [-0.05, 0) is 49.9 Å². The average molecular weight is 337 g/mol. The normalized spacial score (nSPS) is 22.5. The Morgan fingerprint density at radius 2 is 2.00 bits per heavy atom. The number of piperidine rings is 1. The maximum Gasteiger partial charge on any atom is 0.326 e. The third kappa shape index (κ3) is 4.41. The van der Waals surface area contributed by atoms with Crippen LogP contribution < -0.4 is 4.74 Å². The van der Waals surface area contributed by atoms with Gasteiger partial charge in [-0.15, -0.1) is 11.8 Å². The Kier molecular flexibility index (Phi) is 5.93. The summed E-state index contributed by atoms with van der Waals surface area (Å²) in [5.41, 5.74) is 0. The summed E-state index contributed by atoms with van der Waals surface area (Å²) >= 11 is 1.44. The van der Waals surface area contributed by atoms with Crippen molar-refractivity contribution in [3.63, 3.8) is 0 Å². The molecule has 6 heteroatoms. The van der Waals surface area contributed by atoms with Crippen molar-refractivity contribution in [1.82, 2.24) is 4.90 Å². The monoisotopic (exact) mass is 337 g/mol. The Morgan fingerprint density at radius 1 is 1.35 bits per heavy atom. The highest BCUT2D eigenvalue weighted by molar-refractivity contribution is 8.00. The molecule has 0 saturated carbocycles. The summed E-state index contributed by atoms with van der Waals surface area (Å²) in [5.74, 6) is 0.0886. The number of amides is 1. The number of carbonyl (C=O) groups excluding carboxylic acids is 1. The Labute approximate surface area is 141 Å². The van der Waals surface area contributed by atoms with Gasteiger partial charge in [-0.3, -0.25) is 4.79 Å². The highest BCUT2D eigenvalue weighted by Crippen LogP contribution is 2.29. The number of carboxylic acids is 1. The Balaban J connectivity index is 2.03. The van der Waals surface area contributed by atoms with E-state index in [0.717, 1.165) is 17.1 Å². The summed E-state index contributed by atoms with van der Waals surface area (Å²) in [6, 6.07) is 6.80. The lowest BCUT2D eigenvalue weighted by Gasteiger charge is -2.37. The van der Waals surface area contributed by atoms with E-state index in [-0.39, 0.29) is 11.2 Å². The van der Waals surface area contributed by atoms with Gasteiger partial charge in [0.1, 0.15) is 11.8 Å². The molecular weight excluding hydrogens is 314 g/mol. The molecule has 1 aromatic carbocycles. The van der Waals surface area contributed by atoms with Crippen LogP contribution in [0.25, 0.3) is 0 Å². The van der Waals surface area contributed by atoms with Crippen molar-refractivity contribution in [1.29, 1.82) is 0 Å². The molecule has 1 amide bonds. The van der Waals surface area contributed by atoms with Crippen molar-refractivity contribution in [3.8, 4) is 5.75 Å². The lowest BCUT2D eigenvalue weighted by molar-refractivity contribution is -0.152. The van der Waals surface area contributed by atoms with Crippen molar-refractivity contribution in [2.24, 2.45) is 5.92 Å². The van der Waals surface area contributed by atoms with Gasteiger partial charge in [0, 0.05) is 11.4 Å². The van der Waals surface area contributed by atoms with E-state index in [0.29, 0.717) is 18.9 Å². The molecular formula is C17H23NO4S. The van der Waals surface area contributed by atoms with Gasteiger partial charge in [0.15, 0.2) is 0 Å². The van der Waals surface area contributed by atoms with Crippen LogP contribution in [0.15, 0.2) is 29.2 Å². The summed E-state index contributed by atoms with van der Waals surface area (Å²) in [4.78, 5) is 26.6. The second-order valence-electron chi connectivity index (χ2n) is 5.95. The second kappa shape index (κ2) is 7.73. The Hall–Kier alpha value is -1.69. The number of hydrogen-bond acceptors (Lipinski definition) is 4. The number of rotatable bonds is 5.